The second-order valence-corrected chi connectivity index (χ2v) is 9.98. The molecule has 0 radical (unpaired) electrons. The predicted octanol–water partition coefficient (Wildman–Crippen LogP) is 5.55. The number of rotatable bonds is 5. The van der Waals surface area contributed by atoms with Crippen molar-refractivity contribution in [2.24, 2.45) is 11.3 Å². The normalized spacial score (nSPS) is 16.5. The summed E-state index contributed by atoms with van der Waals surface area (Å²) in [7, 11) is 0. The zero-order valence-corrected chi connectivity index (χ0v) is 19.5. The highest BCUT2D eigenvalue weighted by Crippen LogP contribution is 2.46. The van der Waals surface area contributed by atoms with E-state index in [0.717, 1.165) is 29.3 Å². The van der Waals surface area contributed by atoms with Gasteiger partial charge in [0.1, 0.15) is 5.82 Å². The lowest BCUT2D eigenvalue weighted by Gasteiger charge is -2.43. The Kier molecular flexibility index (Phi) is 6.48. The summed E-state index contributed by atoms with van der Waals surface area (Å²) in [5, 5.41) is 19.8. The number of nitrogens with one attached hydrogen (secondary N) is 1. The number of fused-ring (bicyclic) bond motifs is 1. The fourth-order valence-corrected chi connectivity index (χ4v) is 5.13. The standard InChI is InChI=1S/C24H26Cl2FN3O2/c1-24(2,23(32)18-12-17(25)11-15-13-28-29-22(15)18)16-5-7-30(8-6-16)21(31)10-14-3-4-20(27)19(26)9-14/h3-4,9,11-13,16,23,32H,5-8,10H2,1-2H3,(H,28,29)/t23-/m1/s1. The maximum Gasteiger partial charge on any atom is 0.226 e. The SMILES string of the molecule is CC(C)(C1CCN(C(=O)Cc2ccc(F)c(Cl)c2)CC1)[C@H](O)c1cc(Cl)cc2cn[nH]c12. The fraction of sp³-hybridized carbons (Fsp3) is 0.417. The van der Waals surface area contributed by atoms with Crippen molar-refractivity contribution in [1.29, 1.82) is 0 Å². The molecule has 0 unspecified atom stereocenters. The van der Waals surface area contributed by atoms with Crippen LogP contribution in [-0.4, -0.2) is 39.2 Å². The lowest BCUT2D eigenvalue weighted by atomic mass is 9.68. The smallest absolute Gasteiger partial charge is 0.226 e. The molecule has 2 aromatic carbocycles. The van der Waals surface area contributed by atoms with E-state index in [1.54, 1.807) is 18.3 Å². The van der Waals surface area contributed by atoms with E-state index in [4.69, 9.17) is 23.2 Å². The molecule has 1 aliphatic rings. The highest BCUT2D eigenvalue weighted by atomic mass is 35.5. The molecular weight excluding hydrogens is 452 g/mol. The molecule has 170 valence electrons. The molecule has 0 saturated carbocycles. The first-order valence-corrected chi connectivity index (χ1v) is 11.4. The van der Waals surface area contributed by atoms with Crippen molar-refractivity contribution in [2.45, 2.75) is 39.2 Å². The van der Waals surface area contributed by atoms with Gasteiger partial charge in [-0.2, -0.15) is 5.10 Å². The maximum atomic E-state index is 13.4. The molecule has 2 N–H and O–H groups in total. The highest BCUT2D eigenvalue weighted by molar-refractivity contribution is 6.31. The Morgan fingerprint density at radius 3 is 2.69 bits per heavy atom. The number of amides is 1. The van der Waals surface area contributed by atoms with Gasteiger partial charge in [-0.05, 0) is 54.0 Å². The van der Waals surface area contributed by atoms with Crippen LogP contribution in [0, 0.1) is 17.2 Å². The Hall–Kier alpha value is -2.15. The van der Waals surface area contributed by atoms with Crippen molar-refractivity contribution in [1.82, 2.24) is 15.1 Å². The number of H-pyrrole nitrogens is 1. The highest BCUT2D eigenvalue weighted by Gasteiger charge is 2.40. The molecule has 0 spiro atoms. The Labute approximate surface area is 196 Å². The van der Waals surface area contributed by atoms with Gasteiger partial charge < -0.3 is 10.0 Å². The van der Waals surface area contributed by atoms with Crippen LogP contribution in [0.25, 0.3) is 10.9 Å². The number of hydrogen-bond acceptors (Lipinski definition) is 3. The number of carbonyl (C=O) groups excluding carboxylic acids is 1. The summed E-state index contributed by atoms with van der Waals surface area (Å²) in [5.74, 6) is -0.270. The molecule has 5 nitrogen and oxygen atoms in total. The van der Waals surface area contributed by atoms with Crippen molar-refractivity contribution in [3.8, 4) is 0 Å². The average molecular weight is 478 g/mol. The van der Waals surface area contributed by atoms with E-state index in [2.05, 4.69) is 24.0 Å². The first kappa shape index (κ1) is 23.0. The van der Waals surface area contributed by atoms with Gasteiger partial charge in [-0.3, -0.25) is 9.89 Å². The zero-order valence-electron chi connectivity index (χ0n) is 18.0. The van der Waals surface area contributed by atoms with Gasteiger partial charge in [0.05, 0.1) is 29.3 Å². The van der Waals surface area contributed by atoms with Crippen molar-refractivity contribution in [3.63, 3.8) is 0 Å². The van der Waals surface area contributed by atoms with Gasteiger partial charge in [0.25, 0.3) is 0 Å². The van der Waals surface area contributed by atoms with Crippen molar-refractivity contribution >= 4 is 40.0 Å². The summed E-state index contributed by atoms with van der Waals surface area (Å²) in [6.07, 6.45) is 2.72. The lowest BCUT2D eigenvalue weighted by molar-refractivity contribution is -0.133. The van der Waals surface area contributed by atoms with Crippen LogP contribution in [0.5, 0.6) is 0 Å². The van der Waals surface area contributed by atoms with Crippen LogP contribution < -0.4 is 0 Å². The number of piperidine rings is 1. The molecule has 0 bridgehead atoms. The number of halogens is 3. The summed E-state index contributed by atoms with van der Waals surface area (Å²) in [4.78, 5) is 14.6. The molecule has 1 aromatic heterocycles. The molecule has 1 amide bonds. The van der Waals surface area contributed by atoms with E-state index >= 15 is 0 Å². The quantitative estimate of drug-likeness (QED) is 0.505. The van der Waals surface area contributed by atoms with Crippen LogP contribution in [0.15, 0.2) is 36.5 Å². The third kappa shape index (κ3) is 4.49. The molecule has 2 heterocycles. The van der Waals surface area contributed by atoms with E-state index in [1.807, 2.05) is 11.0 Å². The minimum atomic E-state index is -0.738. The maximum absolute atomic E-state index is 13.4. The predicted molar refractivity (Wildman–Crippen MR) is 124 cm³/mol. The number of benzene rings is 2. The largest absolute Gasteiger partial charge is 0.388 e. The summed E-state index contributed by atoms with van der Waals surface area (Å²) in [6, 6.07) is 7.99. The van der Waals surface area contributed by atoms with E-state index < -0.39 is 17.3 Å². The third-order valence-corrected chi connectivity index (χ3v) is 7.29. The van der Waals surface area contributed by atoms with E-state index in [-0.39, 0.29) is 23.3 Å². The second-order valence-electron chi connectivity index (χ2n) is 9.13. The first-order chi connectivity index (χ1) is 15.2. The van der Waals surface area contributed by atoms with Gasteiger partial charge in [0.15, 0.2) is 0 Å². The van der Waals surface area contributed by atoms with Crippen LogP contribution in [0.3, 0.4) is 0 Å². The minimum absolute atomic E-state index is 0.00140. The van der Waals surface area contributed by atoms with Crippen LogP contribution in [0.1, 0.15) is 43.9 Å². The molecule has 3 aromatic rings. The molecular formula is C24H26Cl2FN3O2. The van der Waals surface area contributed by atoms with E-state index in [1.165, 1.54) is 12.1 Å². The minimum Gasteiger partial charge on any atom is -0.388 e. The molecule has 4 rings (SSSR count). The number of nitrogens with zero attached hydrogens (tertiary/aromatic N) is 2. The topological polar surface area (TPSA) is 69.2 Å². The number of aliphatic hydroxyl groups is 1. The third-order valence-electron chi connectivity index (χ3n) is 6.78. The van der Waals surface area contributed by atoms with Crippen LogP contribution >= 0.6 is 23.2 Å². The fourth-order valence-electron chi connectivity index (χ4n) is 4.70. The van der Waals surface area contributed by atoms with Crippen molar-refractivity contribution < 1.29 is 14.3 Å². The van der Waals surface area contributed by atoms with Crippen molar-refractivity contribution in [2.75, 3.05) is 13.1 Å². The Morgan fingerprint density at radius 1 is 1.28 bits per heavy atom. The monoisotopic (exact) mass is 477 g/mol. The van der Waals surface area contributed by atoms with Gasteiger partial charge >= 0.3 is 0 Å². The van der Waals surface area contributed by atoms with Crippen LogP contribution in [-0.2, 0) is 11.2 Å². The van der Waals surface area contributed by atoms with E-state index in [0.29, 0.717) is 23.7 Å². The van der Waals surface area contributed by atoms with Gasteiger partial charge in [-0.15, -0.1) is 0 Å². The molecule has 8 heteroatoms. The first-order valence-electron chi connectivity index (χ1n) is 10.7. The Morgan fingerprint density at radius 2 is 2.00 bits per heavy atom. The summed E-state index contributed by atoms with van der Waals surface area (Å²) in [6.45, 7) is 5.35. The van der Waals surface area contributed by atoms with Gasteiger partial charge in [0, 0.05) is 29.1 Å². The number of aromatic nitrogens is 2. The van der Waals surface area contributed by atoms with Crippen LogP contribution in [0.4, 0.5) is 4.39 Å². The molecule has 1 saturated heterocycles. The Bertz CT molecular complexity index is 1140. The molecule has 1 atom stereocenters. The van der Waals surface area contributed by atoms with Crippen molar-refractivity contribution in [3.05, 3.63) is 63.5 Å². The molecule has 1 fully saturated rings. The molecule has 0 aliphatic carbocycles. The van der Waals surface area contributed by atoms with Crippen LogP contribution in [0.2, 0.25) is 10.0 Å². The summed E-state index contributed by atoms with van der Waals surface area (Å²) < 4.78 is 13.4. The molecule has 1 aliphatic heterocycles. The summed E-state index contributed by atoms with van der Waals surface area (Å²) >= 11 is 12.1. The summed E-state index contributed by atoms with van der Waals surface area (Å²) in [5.41, 5.74) is 1.80. The molecule has 32 heavy (non-hydrogen) atoms. The van der Waals surface area contributed by atoms with Gasteiger partial charge in [-0.1, -0.05) is 43.1 Å². The lowest BCUT2D eigenvalue weighted by Crippen LogP contribution is -2.44. The number of hydrogen-bond donors (Lipinski definition) is 2. The van der Waals surface area contributed by atoms with E-state index in [9.17, 15) is 14.3 Å². The zero-order chi connectivity index (χ0) is 23.0. The van der Waals surface area contributed by atoms with Gasteiger partial charge in [0.2, 0.25) is 5.91 Å². The van der Waals surface area contributed by atoms with Gasteiger partial charge in [-0.25, -0.2) is 4.39 Å². The average Bonchev–Trinajstić information content (AvgIpc) is 3.23. The number of aromatic amines is 1. The number of carbonyl (C=O) groups is 1. The Balaban J connectivity index is 1.42. The number of aliphatic hydroxyl groups excluding tert-OH is 1. The second kappa shape index (κ2) is 9.00. The number of likely N-dealkylation sites (tertiary alicyclic amines) is 1.